The lowest BCUT2D eigenvalue weighted by Gasteiger charge is -2.17. The van der Waals surface area contributed by atoms with Gasteiger partial charge >= 0.3 is 0 Å². The number of aliphatic imine (C=N–C) groups is 1. The van der Waals surface area contributed by atoms with Crippen LogP contribution in [0, 0.1) is 0 Å². The standard InChI is InChI=1S/C17H15NO/c1-2-7-16-15(4-1)11-19-17(18-16)14-6-3-5-13(10-14)12-8-9-12/h1-7,10,12H,8-9,11H2. The minimum atomic E-state index is 0.614. The lowest BCUT2D eigenvalue weighted by molar-refractivity contribution is 0.288. The van der Waals surface area contributed by atoms with Crippen LogP contribution in [-0.4, -0.2) is 5.90 Å². The molecule has 0 radical (unpaired) electrons. The second-order valence-electron chi connectivity index (χ2n) is 5.23. The molecule has 2 aromatic carbocycles. The van der Waals surface area contributed by atoms with E-state index < -0.39 is 0 Å². The Kier molecular flexibility index (Phi) is 2.41. The van der Waals surface area contributed by atoms with Crippen molar-refractivity contribution in [3.63, 3.8) is 0 Å². The zero-order valence-corrected chi connectivity index (χ0v) is 10.7. The van der Waals surface area contributed by atoms with Crippen LogP contribution in [0.1, 0.15) is 35.4 Å². The lowest BCUT2D eigenvalue weighted by Crippen LogP contribution is -2.11. The zero-order chi connectivity index (χ0) is 12.7. The molecular formula is C17H15NO. The highest BCUT2D eigenvalue weighted by atomic mass is 16.5. The van der Waals surface area contributed by atoms with E-state index in [1.807, 2.05) is 18.2 Å². The fourth-order valence-corrected chi connectivity index (χ4v) is 2.52. The van der Waals surface area contributed by atoms with Crippen LogP contribution in [0.15, 0.2) is 53.5 Å². The Morgan fingerprint density at radius 2 is 1.89 bits per heavy atom. The predicted octanol–water partition coefficient (Wildman–Crippen LogP) is 4.17. The third-order valence-electron chi connectivity index (χ3n) is 3.76. The molecule has 0 aromatic heterocycles. The fraction of sp³-hybridized carbons (Fsp3) is 0.235. The molecule has 94 valence electrons. The molecule has 0 unspecified atom stereocenters. The van der Waals surface area contributed by atoms with Gasteiger partial charge in [0.1, 0.15) is 6.61 Å². The largest absolute Gasteiger partial charge is 0.472 e. The maximum Gasteiger partial charge on any atom is 0.221 e. The normalized spacial score (nSPS) is 17.4. The number of ether oxygens (including phenoxy) is 1. The predicted molar refractivity (Wildman–Crippen MR) is 75.8 cm³/mol. The number of benzene rings is 2. The molecule has 1 aliphatic heterocycles. The number of nitrogens with zero attached hydrogens (tertiary/aromatic N) is 1. The van der Waals surface area contributed by atoms with E-state index in [4.69, 9.17) is 4.74 Å². The van der Waals surface area contributed by atoms with Gasteiger partial charge in [-0.1, -0.05) is 30.3 Å². The fourth-order valence-electron chi connectivity index (χ4n) is 2.52. The van der Waals surface area contributed by atoms with Crippen LogP contribution in [0.2, 0.25) is 0 Å². The molecule has 0 bridgehead atoms. The second kappa shape index (κ2) is 4.23. The highest BCUT2D eigenvalue weighted by Crippen LogP contribution is 2.40. The van der Waals surface area contributed by atoms with Gasteiger partial charge in [-0.2, -0.15) is 0 Å². The van der Waals surface area contributed by atoms with Gasteiger partial charge in [0.25, 0.3) is 0 Å². The summed E-state index contributed by atoms with van der Waals surface area (Å²) < 4.78 is 5.80. The van der Waals surface area contributed by atoms with Gasteiger partial charge in [0, 0.05) is 11.1 Å². The summed E-state index contributed by atoms with van der Waals surface area (Å²) in [5.74, 6) is 1.51. The van der Waals surface area contributed by atoms with Crippen LogP contribution in [0.5, 0.6) is 0 Å². The average molecular weight is 249 g/mol. The van der Waals surface area contributed by atoms with Gasteiger partial charge in [0.05, 0.1) is 5.69 Å². The molecule has 0 amide bonds. The Morgan fingerprint density at radius 3 is 2.79 bits per heavy atom. The van der Waals surface area contributed by atoms with Crippen LogP contribution in [0.4, 0.5) is 5.69 Å². The van der Waals surface area contributed by atoms with E-state index in [1.165, 1.54) is 18.4 Å². The quantitative estimate of drug-likeness (QED) is 0.782. The number of rotatable bonds is 2. The maximum atomic E-state index is 5.80. The molecule has 19 heavy (non-hydrogen) atoms. The van der Waals surface area contributed by atoms with Crippen molar-refractivity contribution in [2.75, 3.05) is 0 Å². The van der Waals surface area contributed by atoms with Crippen molar-refractivity contribution in [2.45, 2.75) is 25.4 Å². The van der Waals surface area contributed by atoms with Gasteiger partial charge in [-0.25, -0.2) is 4.99 Å². The Balaban J connectivity index is 1.73. The van der Waals surface area contributed by atoms with Crippen LogP contribution < -0.4 is 0 Å². The molecule has 0 saturated heterocycles. The number of para-hydroxylation sites is 1. The number of hydrogen-bond acceptors (Lipinski definition) is 2. The smallest absolute Gasteiger partial charge is 0.221 e. The molecule has 2 nitrogen and oxygen atoms in total. The van der Waals surface area contributed by atoms with Gasteiger partial charge < -0.3 is 4.74 Å². The van der Waals surface area contributed by atoms with Crippen molar-refractivity contribution in [3.05, 3.63) is 65.2 Å². The van der Waals surface area contributed by atoms with E-state index in [0.29, 0.717) is 6.61 Å². The molecule has 1 fully saturated rings. The average Bonchev–Trinajstić information content (AvgIpc) is 3.32. The molecule has 1 saturated carbocycles. The summed E-state index contributed by atoms with van der Waals surface area (Å²) in [6.45, 7) is 0.614. The molecule has 1 heterocycles. The van der Waals surface area contributed by atoms with Crippen molar-refractivity contribution >= 4 is 11.6 Å². The Hall–Kier alpha value is -2.09. The Bertz CT molecular complexity index is 656. The van der Waals surface area contributed by atoms with Gasteiger partial charge in [-0.15, -0.1) is 0 Å². The van der Waals surface area contributed by atoms with E-state index in [-0.39, 0.29) is 0 Å². The molecule has 1 aliphatic carbocycles. The molecule has 2 aromatic rings. The van der Waals surface area contributed by atoms with Crippen LogP contribution >= 0.6 is 0 Å². The van der Waals surface area contributed by atoms with Crippen LogP contribution in [0.25, 0.3) is 0 Å². The van der Waals surface area contributed by atoms with Crippen molar-refractivity contribution in [3.8, 4) is 0 Å². The van der Waals surface area contributed by atoms with Gasteiger partial charge in [0.2, 0.25) is 5.90 Å². The van der Waals surface area contributed by atoms with E-state index >= 15 is 0 Å². The van der Waals surface area contributed by atoms with Crippen molar-refractivity contribution in [1.29, 1.82) is 0 Å². The minimum absolute atomic E-state index is 0.614. The van der Waals surface area contributed by atoms with Crippen molar-refractivity contribution in [1.82, 2.24) is 0 Å². The Morgan fingerprint density at radius 1 is 1.00 bits per heavy atom. The third kappa shape index (κ3) is 2.03. The highest BCUT2D eigenvalue weighted by Gasteiger charge is 2.24. The summed E-state index contributed by atoms with van der Waals surface area (Å²) in [5.41, 5.74) is 4.70. The van der Waals surface area contributed by atoms with E-state index in [0.717, 1.165) is 28.6 Å². The molecule has 2 aliphatic rings. The lowest BCUT2D eigenvalue weighted by atomic mass is 10.1. The van der Waals surface area contributed by atoms with Gasteiger partial charge in [-0.05, 0) is 42.5 Å². The SMILES string of the molecule is c1cc(C2=Nc3ccccc3CO2)cc(C2CC2)c1. The molecule has 4 rings (SSSR count). The first-order chi connectivity index (χ1) is 9.40. The molecule has 0 N–H and O–H groups in total. The van der Waals surface area contributed by atoms with E-state index in [2.05, 4.69) is 35.3 Å². The summed E-state index contributed by atoms with van der Waals surface area (Å²) >= 11 is 0. The summed E-state index contributed by atoms with van der Waals surface area (Å²) in [4.78, 5) is 4.63. The summed E-state index contributed by atoms with van der Waals surface area (Å²) in [5, 5.41) is 0. The maximum absolute atomic E-state index is 5.80. The first-order valence-electron chi connectivity index (χ1n) is 6.80. The summed E-state index contributed by atoms with van der Waals surface area (Å²) in [6, 6.07) is 16.8. The molecule has 0 atom stereocenters. The molecular weight excluding hydrogens is 234 g/mol. The van der Waals surface area contributed by atoms with E-state index in [9.17, 15) is 0 Å². The first kappa shape index (κ1) is 10.8. The Labute approximate surface area is 112 Å². The van der Waals surface area contributed by atoms with Gasteiger partial charge in [-0.3, -0.25) is 0 Å². The monoisotopic (exact) mass is 249 g/mol. The highest BCUT2D eigenvalue weighted by molar-refractivity contribution is 5.97. The topological polar surface area (TPSA) is 21.6 Å². The molecule has 2 heteroatoms. The zero-order valence-electron chi connectivity index (χ0n) is 10.7. The van der Waals surface area contributed by atoms with Crippen LogP contribution in [0.3, 0.4) is 0 Å². The van der Waals surface area contributed by atoms with Crippen molar-refractivity contribution < 1.29 is 4.74 Å². The first-order valence-corrected chi connectivity index (χ1v) is 6.80. The van der Waals surface area contributed by atoms with E-state index in [1.54, 1.807) is 0 Å². The second-order valence-corrected chi connectivity index (χ2v) is 5.23. The van der Waals surface area contributed by atoms with Crippen LogP contribution in [-0.2, 0) is 11.3 Å². The molecule has 0 spiro atoms. The summed E-state index contributed by atoms with van der Waals surface area (Å²) in [7, 11) is 0. The minimum Gasteiger partial charge on any atom is -0.472 e. The number of fused-ring (bicyclic) bond motifs is 1. The number of hydrogen-bond donors (Lipinski definition) is 0. The van der Waals surface area contributed by atoms with Crippen molar-refractivity contribution in [2.24, 2.45) is 4.99 Å². The van der Waals surface area contributed by atoms with Gasteiger partial charge in [0.15, 0.2) is 0 Å². The third-order valence-corrected chi connectivity index (χ3v) is 3.76. The summed E-state index contributed by atoms with van der Waals surface area (Å²) in [6.07, 6.45) is 2.64.